The second-order valence-corrected chi connectivity index (χ2v) is 13.3. The predicted octanol–water partition coefficient (Wildman–Crippen LogP) is -0.903. The van der Waals surface area contributed by atoms with Crippen molar-refractivity contribution in [3.63, 3.8) is 0 Å². The maximum absolute atomic E-state index is 11.7. The van der Waals surface area contributed by atoms with E-state index >= 15 is 0 Å². The van der Waals surface area contributed by atoms with E-state index in [0.29, 0.717) is 12.1 Å². The van der Waals surface area contributed by atoms with Gasteiger partial charge in [0.2, 0.25) is 0 Å². The van der Waals surface area contributed by atoms with Crippen LogP contribution in [0.2, 0.25) is 0 Å². The summed E-state index contributed by atoms with van der Waals surface area (Å²) in [4.78, 5) is 17.4. The quantitative estimate of drug-likeness (QED) is 0.130. The fraction of sp³-hybridized carbons (Fsp3) is 0. The van der Waals surface area contributed by atoms with Crippen molar-refractivity contribution in [3.05, 3.63) is 58.3 Å². The zero-order valence-corrected chi connectivity index (χ0v) is 31.7. The summed E-state index contributed by atoms with van der Waals surface area (Å²) in [5.74, 6) is -2.77. The number of benzene rings is 4. The molecule has 0 N–H and O–H groups in total. The van der Waals surface area contributed by atoms with Crippen LogP contribution in [0.3, 0.4) is 0 Å². The van der Waals surface area contributed by atoms with E-state index in [1.165, 1.54) is 0 Å². The third kappa shape index (κ3) is 10.3. The molecule has 0 unspecified atom stereocenters. The van der Waals surface area contributed by atoms with Crippen molar-refractivity contribution in [3.8, 4) is 11.5 Å². The Hall–Kier alpha value is -0.381. The Morgan fingerprint density at radius 2 is 0.756 bits per heavy atom. The summed E-state index contributed by atoms with van der Waals surface area (Å²) in [7, 11) is -20.1. The molecule has 0 fully saturated rings. The zero-order chi connectivity index (χ0) is 32.0. The van der Waals surface area contributed by atoms with E-state index in [9.17, 15) is 71.9 Å². The largest absolute Gasteiger partial charge is 2.00 e. The predicted molar refractivity (Wildman–Crippen MR) is 147 cm³/mol. The minimum Gasteiger partial charge on any atom is -0.870 e. The molecule has 0 aromatic heterocycles. The van der Waals surface area contributed by atoms with Gasteiger partial charge >= 0.3 is 113 Å². The van der Waals surface area contributed by atoms with Gasteiger partial charge < -0.3 is 28.4 Å². The molecule has 4 aromatic carbocycles. The zero-order valence-electron chi connectivity index (χ0n) is 21.8. The van der Waals surface area contributed by atoms with Crippen LogP contribution in [-0.2, 0) is 40.5 Å². The average molecular weight is 781 g/mol. The van der Waals surface area contributed by atoms with Crippen molar-refractivity contribution in [1.82, 2.24) is 0 Å². The van der Waals surface area contributed by atoms with E-state index in [4.69, 9.17) is 0 Å². The average Bonchev–Trinajstić information content (AvgIpc) is 2.85. The van der Waals surface area contributed by atoms with Gasteiger partial charge in [-0.25, -0.2) is 33.7 Å². The SMILES string of the molecule is O=Nc1c([O-])c(S(=O)(=O)[O-])cc2cc(S(=O)(=O)[O-])ccc12.O=Nc1c([O-])c(S(=O)(=O)[O-])cc2cc(S(=O)(=O)[O-])ccc12.[Ca+2].[Ca+2].[Ca+2]. The first-order valence-electron chi connectivity index (χ1n) is 10.2. The summed E-state index contributed by atoms with van der Waals surface area (Å²) in [6, 6.07) is 6.29. The van der Waals surface area contributed by atoms with Crippen molar-refractivity contribution in [1.29, 1.82) is 0 Å². The summed E-state index contributed by atoms with van der Waals surface area (Å²) in [5, 5.41) is 27.3. The summed E-state index contributed by atoms with van der Waals surface area (Å²) in [5.41, 5.74) is -1.70. The van der Waals surface area contributed by atoms with Gasteiger partial charge in [0.25, 0.3) is 0 Å². The van der Waals surface area contributed by atoms with E-state index in [0.717, 1.165) is 36.4 Å². The van der Waals surface area contributed by atoms with Gasteiger partial charge in [0, 0.05) is 20.6 Å². The minimum absolute atomic E-state index is 0. The first kappa shape index (κ1) is 44.6. The summed E-state index contributed by atoms with van der Waals surface area (Å²) in [6.45, 7) is 0. The fourth-order valence-corrected chi connectivity index (χ4v) is 5.71. The maximum atomic E-state index is 11.7. The van der Waals surface area contributed by atoms with Gasteiger partial charge in [-0.05, 0) is 57.5 Å². The number of nitrogens with zero attached hydrogens (tertiary/aromatic N) is 2. The standard InChI is InChI=1S/2C10H7NO8S2.3Ca/c2*12-10-8(21(17,18)19)4-5-3-6(20(14,15)16)1-2-7(5)9(10)11-13;;;/h2*1-4,12H,(H,14,15,16)(H,17,18,19);;;/q;;3*+2/p-6. The van der Waals surface area contributed by atoms with Crippen LogP contribution in [-0.4, -0.2) is 165 Å². The van der Waals surface area contributed by atoms with Crippen LogP contribution in [0.1, 0.15) is 0 Å². The molecule has 0 spiro atoms. The molecule has 0 heterocycles. The van der Waals surface area contributed by atoms with Crippen LogP contribution in [0.4, 0.5) is 11.4 Å². The van der Waals surface area contributed by atoms with Gasteiger partial charge in [-0.3, -0.25) is 0 Å². The molecular weight excluding hydrogens is 773 g/mol. The van der Waals surface area contributed by atoms with Gasteiger partial charge in [0.15, 0.2) is 0 Å². The second kappa shape index (κ2) is 16.3. The molecule has 4 rings (SSSR count). The molecule has 0 aliphatic carbocycles. The molecule has 25 heteroatoms. The smallest absolute Gasteiger partial charge is 0.870 e. The van der Waals surface area contributed by atoms with Crippen molar-refractivity contribution in [2.45, 2.75) is 19.6 Å². The van der Waals surface area contributed by atoms with Crippen LogP contribution in [0.5, 0.6) is 11.5 Å². The van der Waals surface area contributed by atoms with Crippen molar-refractivity contribution < 1.29 is 62.1 Å². The third-order valence-electron chi connectivity index (χ3n) is 5.31. The first-order chi connectivity index (χ1) is 19.1. The van der Waals surface area contributed by atoms with Crippen molar-refractivity contribution in [2.75, 3.05) is 0 Å². The van der Waals surface area contributed by atoms with Gasteiger partial charge in [-0.1, -0.05) is 23.6 Å². The molecule has 0 bridgehead atoms. The van der Waals surface area contributed by atoms with Gasteiger partial charge in [-0.15, -0.1) is 9.81 Å². The molecule has 0 atom stereocenters. The molecule has 0 amide bonds. The number of rotatable bonds is 6. The molecule has 0 saturated heterocycles. The van der Waals surface area contributed by atoms with E-state index < -0.39 is 82.9 Å². The van der Waals surface area contributed by atoms with E-state index in [-0.39, 0.29) is 135 Å². The maximum Gasteiger partial charge on any atom is 2.00 e. The van der Waals surface area contributed by atoms with Crippen molar-refractivity contribution in [2.24, 2.45) is 10.4 Å². The Bertz CT molecular complexity index is 2100. The number of fused-ring (bicyclic) bond motifs is 2. The summed E-state index contributed by atoms with van der Waals surface area (Å²) < 4.78 is 131. The number of nitroso groups, excluding NO2 is 2. The Morgan fingerprint density at radius 1 is 0.467 bits per heavy atom. The van der Waals surface area contributed by atoms with Crippen LogP contribution < -0.4 is 10.2 Å². The molecule has 0 aliphatic heterocycles. The Kier molecular flexibility index (Phi) is 16.2. The van der Waals surface area contributed by atoms with Crippen LogP contribution in [0.15, 0.2) is 78.5 Å². The molecule has 4 aromatic rings. The fourth-order valence-electron chi connectivity index (χ4n) is 3.51. The number of hydrogen-bond donors (Lipinski definition) is 0. The molecule has 0 radical (unpaired) electrons. The normalized spacial score (nSPS) is 11.6. The Labute approximate surface area is 343 Å². The minimum atomic E-state index is -5.19. The molecular formula is C20H8Ca3N2O16S4. The van der Waals surface area contributed by atoms with Gasteiger partial charge in [-0.2, -0.15) is 0 Å². The van der Waals surface area contributed by atoms with Gasteiger partial charge in [0.05, 0.1) is 9.79 Å². The van der Waals surface area contributed by atoms with Crippen LogP contribution in [0, 0.1) is 9.81 Å². The summed E-state index contributed by atoms with van der Waals surface area (Å²) in [6.07, 6.45) is 0. The van der Waals surface area contributed by atoms with Gasteiger partial charge in [0.1, 0.15) is 51.8 Å². The Balaban J connectivity index is 0.000000807. The number of hydrogen-bond acceptors (Lipinski definition) is 18. The third-order valence-corrected chi connectivity index (χ3v) is 8.65. The molecule has 0 saturated carbocycles. The second-order valence-electron chi connectivity index (χ2n) is 7.87. The van der Waals surface area contributed by atoms with Crippen LogP contribution in [0.25, 0.3) is 21.5 Å². The van der Waals surface area contributed by atoms with E-state index in [2.05, 4.69) is 10.4 Å². The van der Waals surface area contributed by atoms with Crippen LogP contribution >= 0.6 is 0 Å². The van der Waals surface area contributed by atoms with Crippen molar-refractivity contribution >= 4 is 187 Å². The molecule has 45 heavy (non-hydrogen) atoms. The molecule has 0 aliphatic rings. The first-order valence-corrected chi connectivity index (χ1v) is 15.8. The monoisotopic (exact) mass is 780 g/mol. The van der Waals surface area contributed by atoms with E-state index in [1.807, 2.05) is 0 Å². The summed E-state index contributed by atoms with van der Waals surface area (Å²) >= 11 is 0. The Morgan fingerprint density at radius 3 is 0.978 bits per heavy atom. The van der Waals surface area contributed by atoms with E-state index in [1.54, 1.807) is 0 Å². The topological polar surface area (TPSA) is 334 Å². The molecule has 18 nitrogen and oxygen atoms in total. The molecule has 224 valence electrons.